The van der Waals surface area contributed by atoms with Crippen LogP contribution in [0.2, 0.25) is 0 Å². The number of aldehydes is 1. The molecule has 0 rings (SSSR count). The third kappa shape index (κ3) is 2.15. The largest absolute Gasteiger partial charge is 0.395 e. The van der Waals surface area contributed by atoms with Crippen LogP contribution in [-0.2, 0) is 4.79 Å². The van der Waals surface area contributed by atoms with E-state index in [1.807, 2.05) is 13.8 Å². The Labute approximate surface area is 67.9 Å². The first-order chi connectivity index (χ1) is 5.13. The summed E-state index contributed by atoms with van der Waals surface area (Å²) in [7, 11) is 0. The molecule has 64 valence electrons. The van der Waals surface area contributed by atoms with Crippen molar-refractivity contribution < 1.29 is 9.90 Å². The highest BCUT2D eigenvalue weighted by molar-refractivity contribution is 5.60. The number of aliphatic hydroxyl groups excluding tert-OH is 1. The molecular weight excluding hydrogens is 140 g/mol. The molecule has 0 aliphatic carbocycles. The van der Waals surface area contributed by atoms with Crippen LogP contribution in [0.4, 0.5) is 0 Å². The van der Waals surface area contributed by atoms with Crippen LogP contribution in [0.5, 0.6) is 0 Å². The highest BCUT2D eigenvalue weighted by Crippen LogP contribution is 2.28. The quantitative estimate of drug-likeness (QED) is 0.482. The van der Waals surface area contributed by atoms with Crippen LogP contribution in [0.3, 0.4) is 0 Å². The number of hydrogen-bond acceptors (Lipinski definition) is 2. The summed E-state index contributed by atoms with van der Waals surface area (Å²) < 4.78 is 0. The van der Waals surface area contributed by atoms with Crippen molar-refractivity contribution >= 4 is 6.29 Å². The third-order valence-electron chi connectivity index (χ3n) is 2.20. The average Bonchev–Trinajstić information content (AvgIpc) is 2.00. The molecule has 0 aromatic carbocycles. The van der Waals surface area contributed by atoms with Gasteiger partial charge in [0.1, 0.15) is 6.29 Å². The number of carbonyl (C=O) groups excluding carboxylic acids is 1. The van der Waals surface area contributed by atoms with Crippen molar-refractivity contribution in [3.63, 3.8) is 0 Å². The fourth-order valence-electron chi connectivity index (χ4n) is 0.973. The maximum atomic E-state index is 10.7. The zero-order valence-electron chi connectivity index (χ0n) is 7.21. The van der Waals surface area contributed by atoms with Gasteiger partial charge in [0.05, 0.1) is 12.0 Å². The summed E-state index contributed by atoms with van der Waals surface area (Å²) in [6, 6.07) is 0. The zero-order chi connectivity index (χ0) is 8.91. The monoisotopic (exact) mass is 156 g/mol. The lowest BCUT2D eigenvalue weighted by Crippen LogP contribution is -2.32. The summed E-state index contributed by atoms with van der Waals surface area (Å²) in [5, 5.41) is 9.00. The van der Waals surface area contributed by atoms with Gasteiger partial charge < -0.3 is 9.90 Å². The molecule has 2 heteroatoms. The SMILES string of the molecule is C=CCC(C=O)(CO)C(C)C. The fourth-order valence-corrected chi connectivity index (χ4v) is 0.973. The average molecular weight is 156 g/mol. The van der Waals surface area contributed by atoms with Gasteiger partial charge >= 0.3 is 0 Å². The summed E-state index contributed by atoms with van der Waals surface area (Å²) in [6.07, 6.45) is 3.05. The van der Waals surface area contributed by atoms with Crippen molar-refractivity contribution in [2.75, 3.05) is 6.61 Å². The molecular formula is C9H16O2. The van der Waals surface area contributed by atoms with Crippen molar-refractivity contribution in [3.8, 4) is 0 Å². The molecule has 0 spiro atoms. The Morgan fingerprint density at radius 3 is 2.27 bits per heavy atom. The third-order valence-corrected chi connectivity index (χ3v) is 2.20. The van der Waals surface area contributed by atoms with E-state index in [-0.39, 0.29) is 12.5 Å². The van der Waals surface area contributed by atoms with Crippen molar-refractivity contribution in [2.45, 2.75) is 20.3 Å². The zero-order valence-corrected chi connectivity index (χ0v) is 7.21. The van der Waals surface area contributed by atoms with E-state index in [2.05, 4.69) is 6.58 Å². The first kappa shape index (κ1) is 10.4. The van der Waals surface area contributed by atoms with Crippen LogP contribution < -0.4 is 0 Å². The molecule has 0 saturated carbocycles. The molecule has 0 aromatic heterocycles. The molecule has 0 fully saturated rings. The molecule has 2 nitrogen and oxygen atoms in total. The van der Waals surface area contributed by atoms with E-state index < -0.39 is 5.41 Å². The standard InChI is InChI=1S/C9H16O2/c1-4-5-9(6-10,7-11)8(2)3/h4,6,8,11H,1,5,7H2,2-3H3. The molecule has 0 saturated heterocycles. The van der Waals surface area contributed by atoms with Gasteiger partial charge in [0.2, 0.25) is 0 Å². The Balaban J connectivity index is 4.44. The molecule has 0 amide bonds. The topological polar surface area (TPSA) is 37.3 Å². The van der Waals surface area contributed by atoms with Crippen LogP contribution in [0.25, 0.3) is 0 Å². The molecule has 0 aliphatic heterocycles. The Morgan fingerprint density at radius 2 is 2.18 bits per heavy atom. The lowest BCUT2D eigenvalue weighted by Gasteiger charge is -2.28. The Hall–Kier alpha value is -0.630. The normalized spacial score (nSPS) is 16.0. The molecule has 0 radical (unpaired) electrons. The number of aliphatic hydroxyl groups is 1. The maximum absolute atomic E-state index is 10.7. The summed E-state index contributed by atoms with van der Waals surface area (Å²) >= 11 is 0. The van der Waals surface area contributed by atoms with E-state index in [0.717, 1.165) is 6.29 Å². The molecule has 1 unspecified atom stereocenters. The molecule has 1 N–H and O–H groups in total. The fraction of sp³-hybridized carbons (Fsp3) is 0.667. The second-order valence-corrected chi connectivity index (χ2v) is 3.16. The van der Waals surface area contributed by atoms with Gasteiger partial charge in [-0.2, -0.15) is 0 Å². The number of hydrogen-bond donors (Lipinski definition) is 1. The van der Waals surface area contributed by atoms with Crippen molar-refractivity contribution in [2.24, 2.45) is 11.3 Å². The molecule has 11 heavy (non-hydrogen) atoms. The Bertz CT molecular complexity index is 140. The van der Waals surface area contributed by atoms with Gasteiger partial charge in [0.25, 0.3) is 0 Å². The second kappa shape index (κ2) is 4.29. The maximum Gasteiger partial charge on any atom is 0.129 e. The van der Waals surface area contributed by atoms with Gasteiger partial charge in [-0.05, 0) is 12.3 Å². The first-order valence-electron chi connectivity index (χ1n) is 3.81. The van der Waals surface area contributed by atoms with Gasteiger partial charge in [-0.3, -0.25) is 0 Å². The second-order valence-electron chi connectivity index (χ2n) is 3.16. The minimum atomic E-state index is -0.609. The Kier molecular flexibility index (Phi) is 4.04. The van der Waals surface area contributed by atoms with Crippen LogP contribution in [0.1, 0.15) is 20.3 Å². The van der Waals surface area contributed by atoms with Crippen molar-refractivity contribution in [1.29, 1.82) is 0 Å². The van der Waals surface area contributed by atoms with Crippen LogP contribution in [0, 0.1) is 11.3 Å². The minimum absolute atomic E-state index is 0.0970. The Morgan fingerprint density at radius 1 is 1.64 bits per heavy atom. The molecule has 0 bridgehead atoms. The van der Waals surface area contributed by atoms with E-state index in [1.54, 1.807) is 6.08 Å². The lowest BCUT2D eigenvalue weighted by atomic mass is 9.76. The van der Waals surface area contributed by atoms with Gasteiger partial charge in [-0.1, -0.05) is 19.9 Å². The van der Waals surface area contributed by atoms with Gasteiger partial charge in [-0.25, -0.2) is 0 Å². The van der Waals surface area contributed by atoms with Crippen molar-refractivity contribution in [3.05, 3.63) is 12.7 Å². The van der Waals surface area contributed by atoms with E-state index in [0.29, 0.717) is 6.42 Å². The first-order valence-corrected chi connectivity index (χ1v) is 3.81. The van der Waals surface area contributed by atoms with E-state index in [4.69, 9.17) is 5.11 Å². The van der Waals surface area contributed by atoms with Gasteiger partial charge in [-0.15, -0.1) is 6.58 Å². The van der Waals surface area contributed by atoms with Crippen molar-refractivity contribution in [1.82, 2.24) is 0 Å². The highest BCUT2D eigenvalue weighted by atomic mass is 16.3. The number of allylic oxidation sites excluding steroid dienone is 1. The highest BCUT2D eigenvalue weighted by Gasteiger charge is 2.31. The van der Waals surface area contributed by atoms with Crippen LogP contribution in [-0.4, -0.2) is 18.0 Å². The van der Waals surface area contributed by atoms with E-state index in [1.165, 1.54) is 0 Å². The summed E-state index contributed by atoms with van der Waals surface area (Å²) in [5.41, 5.74) is -0.609. The lowest BCUT2D eigenvalue weighted by molar-refractivity contribution is -0.120. The molecule has 0 aliphatic rings. The smallest absolute Gasteiger partial charge is 0.129 e. The molecule has 0 aromatic rings. The molecule has 0 heterocycles. The summed E-state index contributed by atoms with van der Waals surface area (Å²) in [4.78, 5) is 10.7. The number of carbonyl (C=O) groups is 1. The van der Waals surface area contributed by atoms with E-state index in [9.17, 15) is 4.79 Å². The minimum Gasteiger partial charge on any atom is -0.395 e. The van der Waals surface area contributed by atoms with Crippen LogP contribution >= 0.6 is 0 Å². The predicted molar refractivity (Wildman–Crippen MR) is 45.2 cm³/mol. The van der Waals surface area contributed by atoms with E-state index >= 15 is 0 Å². The van der Waals surface area contributed by atoms with Gasteiger partial charge in [0, 0.05) is 0 Å². The number of rotatable bonds is 5. The summed E-state index contributed by atoms with van der Waals surface area (Å²) in [6.45, 7) is 7.31. The predicted octanol–water partition coefficient (Wildman–Crippen LogP) is 1.40. The van der Waals surface area contributed by atoms with Crippen LogP contribution in [0.15, 0.2) is 12.7 Å². The summed E-state index contributed by atoms with van der Waals surface area (Å²) in [5.74, 6) is 0.156. The molecule has 1 atom stereocenters. The van der Waals surface area contributed by atoms with Gasteiger partial charge in [0.15, 0.2) is 0 Å².